The minimum absolute atomic E-state index is 0.0740. The zero-order chi connectivity index (χ0) is 25.4. The number of carbonyl (C=O) groups is 2. The predicted molar refractivity (Wildman–Crippen MR) is 128 cm³/mol. The molecule has 0 spiro atoms. The Balaban J connectivity index is 2.05. The van der Waals surface area contributed by atoms with Crippen molar-refractivity contribution in [3.8, 4) is 5.75 Å². The van der Waals surface area contributed by atoms with Crippen molar-refractivity contribution >= 4 is 22.2 Å². The first-order valence-corrected chi connectivity index (χ1v) is 12.5. The third kappa shape index (κ3) is 9.43. The quantitative estimate of drug-likeness (QED) is 0.388. The van der Waals surface area contributed by atoms with E-state index in [9.17, 15) is 18.0 Å². The van der Waals surface area contributed by atoms with Crippen molar-refractivity contribution in [1.29, 1.82) is 0 Å². The smallest absolute Gasteiger partial charge is 0.407 e. The van der Waals surface area contributed by atoms with Crippen LogP contribution in [0, 0.1) is 12.8 Å². The lowest BCUT2D eigenvalue weighted by molar-refractivity contribution is -0.144. The van der Waals surface area contributed by atoms with E-state index in [0.717, 1.165) is 11.1 Å². The largest absolute Gasteiger partial charge is 0.466 e. The molecular formula is C25H33NO7S. The second-order valence-corrected chi connectivity index (χ2v) is 10.5. The highest BCUT2D eigenvalue weighted by Gasteiger charge is 2.21. The SMILES string of the molecule is CCOC(=O)CC(CNC(=O)OC(C)(C)C)Cc1ccc(OS(=O)(=O)c2ccc(C)cc2)cc1. The van der Waals surface area contributed by atoms with Crippen molar-refractivity contribution in [1.82, 2.24) is 5.32 Å². The van der Waals surface area contributed by atoms with E-state index in [1.807, 2.05) is 6.92 Å². The summed E-state index contributed by atoms with van der Waals surface area (Å²) in [5.74, 6) is -0.421. The molecule has 0 saturated carbocycles. The Morgan fingerprint density at radius 2 is 1.62 bits per heavy atom. The van der Waals surface area contributed by atoms with Crippen LogP contribution < -0.4 is 9.50 Å². The van der Waals surface area contributed by atoms with Crippen molar-refractivity contribution in [2.24, 2.45) is 5.92 Å². The number of rotatable bonds is 10. The van der Waals surface area contributed by atoms with Gasteiger partial charge in [0.25, 0.3) is 0 Å². The highest BCUT2D eigenvalue weighted by Crippen LogP contribution is 2.21. The van der Waals surface area contributed by atoms with Gasteiger partial charge in [0.15, 0.2) is 0 Å². The molecule has 0 aromatic heterocycles. The van der Waals surface area contributed by atoms with Crippen molar-refractivity contribution in [3.05, 3.63) is 59.7 Å². The minimum atomic E-state index is -3.94. The molecule has 0 fully saturated rings. The number of alkyl carbamates (subject to hydrolysis) is 1. The number of hydrogen-bond donors (Lipinski definition) is 1. The minimum Gasteiger partial charge on any atom is -0.466 e. The fraction of sp³-hybridized carbons (Fsp3) is 0.440. The van der Waals surface area contributed by atoms with Crippen LogP contribution in [-0.4, -0.2) is 39.2 Å². The van der Waals surface area contributed by atoms with Crippen molar-refractivity contribution < 1.29 is 31.7 Å². The van der Waals surface area contributed by atoms with E-state index < -0.39 is 21.8 Å². The number of aryl methyl sites for hydroxylation is 1. The van der Waals surface area contributed by atoms with Gasteiger partial charge in [-0.1, -0.05) is 29.8 Å². The van der Waals surface area contributed by atoms with Gasteiger partial charge in [-0.3, -0.25) is 4.79 Å². The van der Waals surface area contributed by atoms with Crippen LogP contribution in [0.5, 0.6) is 5.75 Å². The molecular weight excluding hydrogens is 458 g/mol. The molecule has 0 saturated heterocycles. The third-order valence-corrected chi connectivity index (χ3v) is 5.92. The molecule has 34 heavy (non-hydrogen) atoms. The van der Waals surface area contributed by atoms with Gasteiger partial charge in [0.1, 0.15) is 16.2 Å². The van der Waals surface area contributed by atoms with E-state index in [0.29, 0.717) is 6.42 Å². The van der Waals surface area contributed by atoms with Crippen LogP contribution in [0.2, 0.25) is 0 Å². The third-order valence-electron chi connectivity index (χ3n) is 4.66. The van der Waals surface area contributed by atoms with Gasteiger partial charge in [0, 0.05) is 6.54 Å². The van der Waals surface area contributed by atoms with Crippen molar-refractivity contribution in [3.63, 3.8) is 0 Å². The Morgan fingerprint density at radius 1 is 1.00 bits per heavy atom. The van der Waals surface area contributed by atoms with E-state index in [4.69, 9.17) is 13.7 Å². The first kappa shape index (κ1) is 27.2. The summed E-state index contributed by atoms with van der Waals surface area (Å²) in [4.78, 5) is 24.1. The molecule has 0 radical (unpaired) electrons. The zero-order valence-electron chi connectivity index (χ0n) is 20.3. The molecule has 1 amide bonds. The van der Waals surface area contributed by atoms with Crippen molar-refractivity contribution in [2.45, 2.75) is 58.0 Å². The number of amides is 1. The second kappa shape index (κ2) is 11.9. The Hall–Kier alpha value is -3.07. The molecule has 9 heteroatoms. The van der Waals surface area contributed by atoms with E-state index in [1.165, 1.54) is 12.1 Å². The summed E-state index contributed by atoms with van der Waals surface area (Å²) in [6.07, 6.45) is 0.00921. The molecule has 186 valence electrons. The molecule has 0 bridgehead atoms. The monoisotopic (exact) mass is 491 g/mol. The molecule has 8 nitrogen and oxygen atoms in total. The first-order valence-electron chi connectivity index (χ1n) is 11.1. The van der Waals surface area contributed by atoms with Gasteiger partial charge in [-0.05, 0) is 76.8 Å². The van der Waals surface area contributed by atoms with Gasteiger partial charge < -0.3 is 19.0 Å². The number of benzene rings is 2. The van der Waals surface area contributed by atoms with E-state index in [1.54, 1.807) is 64.1 Å². The fourth-order valence-electron chi connectivity index (χ4n) is 3.11. The summed E-state index contributed by atoms with van der Waals surface area (Å²) in [7, 11) is -3.94. The Kier molecular flexibility index (Phi) is 9.49. The number of nitrogens with one attached hydrogen (secondary N) is 1. The molecule has 1 N–H and O–H groups in total. The molecule has 0 heterocycles. The van der Waals surface area contributed by atoms with Gasteiger partial charge in [0.2, 0.25) is 0 Å². The number of ether oxygens (including phenoxy) is 2. The summed E-state index contributed by atoms with van der Waals surface area (Å²) < 4.78 is 40.5. The summed E-state index contributed by atoms with van der Waals surface area (Å²) in [5.41, 5.74) is 1.16. The molecule has 0 aliphatic carbocycles. The molecule has 2 aromatic carbocycles. The van der Waals surface area contributed by atoms with Crippen LogP contribution >= 0.6 is 0 Å². The van der Waals surface area contributed by atoms with Gasteiger partial charge in [0.05, 0.1) is 13.0 Å². The lowest BCUT2D eigenvalue weighted by atomic mass is 9.96. The van der Waals surface area contributed by atoms with Gasteiger partial charge in [-0.25, -0.2) is 4.79 Å². The summed E-state index contributed by atoms with van der Waals surface area (Å²) in [6.45, 7) is 9.39. The van der Waals surface area contributed by atoms with Crippen LogP contribution in [0.4, 0.5) is 4.79 Å². The van der Waals surface area contributed by atoms with E-state index in [2.05, 4.69) is 5.32 Å². The number of hydrogen-bond acceptors (Lipinski definition) is 7. The van der Waals surface area contributed by atoms with Crippen molar-refractivity contribution in [2.75, 3.05) is 13.2 Å². The maximum absolute atomic E-state index is 12.5. The lowest BCUT2D eigenvalue weighted by Gasteiger charge is -2.22. The van der Waals surface area contributed by atoms with Gasteiger partial charge in [-0.15, -0.1) is 0 Å². The first-order chi connectivity index (χ1) is 15.9. The lowest BCUT2D eigenvalue weighted by Crippen LogP contribution is -2.36. The molecule has 0 aliphatic rings. The average molecular weight is 492 g/mol. The molecule has 1 unspecified atom stereocenters. The fourth-order valence-corrected chi connectivity index (χ4v) is 4.04. The van der Waals surface area contributed by atoms with Crippen LogP contribution in [0.1, 0.15) is 45.2 Å². The van der Waals surface area contributed by atoms with Gasteiger partial charge >= 0.3 is 22.2 Å². The van der Waals surface area contributed by atoms with E-state index >= 15 is 0 Å². The zero-order valence-corrected chi connectivity index (χ0v) is 21.1. The standard InChI is InChI=1S/C25H33NO7S/c1-6-31-23(27)16-20(17-26-24(28)32-25(3,4)5)15-19-9-11-21(12-10-19)33-34(29,30)22-13-7-18(2)8-14-22/h7-14,20H,6,15-17H2,1-5H3,(H,26,28). The summed E-state index contributed by atoms with van der Waals surface area (Å²) >= 11 is 0. The molecule has 1 atom stereocenters. The van der Waals surface area contributed by atoms with Crippen LogP contribution in [-0.2, 0) is 30.8 Å². The van der Waals surface area contributed by atoms with E-state index in [-0.39, 0.29) is 42.1 Å². The highest BCUT2D eigenvalue weighted by molar-refractivity contribution is 7.87. The van der Waals surface area contributed by atoms with Crippen LogP contribution in [0.25, 0.3) is 0 Å². The van der Waals surface area contributed by atoms with Crippen LogP contribution in [0.15, 0.2) is 53.4 Å². The Morgan fingerprint density at radius 3 is 2.18 bits per heavy atom. The van der Waals surface area contributed by atoms with Gasteiger partial charge in [-0.2, -0.15) is 8.42 Å². The summed E-state index contributed by atoms with van der Waals surface area (Å²) in [6, 6.07) is 13.0. The van der Waals surface area contributed by atoms with Crippen LogP contribution in [0.3, 0.4) is 0 Å². The molecule has 0 aliphatic heterocycles. The number of carbonyl (C=O) groups excluding carboxylic acids is 2. The predicted octanol–water partition coefficient (Wildman–Crippen LogP) is 4.40. The maximum atomic E-state index is 12.5. The number of esters is 1. The summed E-state index contributed by atoms with van der Waals surface area (Å²) in [5, 5.41) is 2.70. The molecule has 2 aromatic rings. The average Bonchev–Trinajstić information content (AvgIpc) is 2.72. The normalized spacial score (nSPS) is 12.5. The second-order valence-electron chi connectivity index (χ2n) is 8.96. The molecule has 2 rings (SSSR count). The Labute approximate surface area is 201 Å². The Bertz CT molecular complexity index is 1060. The maximum Gasteiger partial charge on any atom is 0.407 e. The highest BCUT2D eigenvalue weighted by atomic mass is 32.2. The topological polar surface area (TPSA) is 108 Å².